The molecule has 0 aliphatic carbocycles. The molecule has 1 fully saturated rings. The number of carbonyl (C=O) groups is 1. The van der Waals surface area contributed by atoms with Crippen molar-refractivity contribution in [3.05, 3.63) is 53.2 Å². The second-order valence-electron chi connectivity index (χ2n) is 9.14. The zero-order valence-electron chi connectivity index (χ0n) is 21.4. The number of hydrogen-bond donors (Lipinski definition) is 2. The average molecular weight is 583 g/mol. The van der Waals surface area contributed by atoms with Crippen LogP contribution in [0.4, 0.5) is 38.0 Å². The summed E-state index contributed by atoms with van der Waals surface area (Å²) in [5, 5.41) is 2.42. The van der Waals surface area contributed by atoms with Crippen molar-refractivity contribution in [2.45, 2.75) is 24.9 Å². The number of nitrogens with zero attached hydrogens (tertiary/aromatic N) is 5. The van der Waals surface area contributed by atoms with Gasteiger partial charge >= 0.3 is 12.4 Å². The molecule has 0 radical (unpaired) electrons. The lowest BCUT2D eigenvalue weighted by Crippen LogP contribution is -2.49. The van der Waals surface area contributed by atoms with Gasteiger partial charge in [-0.25, -0.2) is 15.0 Å². The molecule has 2 aromatic heterocycles. The molecule has 10 nitrogen and oxygen atoms in total. The number of amides is 1. The van der Waals surface area contributed by atoms with Crippen LogP contribution >= 0.6 is 0 Å². The maximum Gasteiger partial charge on any atom is 0.433 e. The molecule has 3 aromatic rings. The van der Waals surface area contributed by atoms with Gasteiger partial charge in [0.1, 0.15) is 17.5 Å². The molecule has 1 saturated heterocycles. The van der Waals surface area contributed by atoms with Crippen molar-refractivity contribution in [3.63, 3.8) is 0 Å². The molecule has 3 N–H and O–H groups in total. The zero-order valence-corrected chi connectivity index (χ0v) is 21.4. The lowest BCUT2D eigenvalue weighted by molar-refractivity contribution is -0.141. The fourth-order valence-corrected chi connectivity index (χ4v) is 4.56. The van der Waals surface area contributed by atoms with Crippen molar-refractivity contribution < 1.29 is 40.3 Å². The van der Waals surface area contributed by atoms with E-state index in [-0.39, 0.29) is 67.5 Å². The standard InChI is InChI=1S/C25H23F6N7O3/c1-40-15-4-2-14(13-3-5-17(24(26,27)28)34-19(13)15)21-36-20(16(12-32)41-21)22(39)37-8-10-38(11-9-37)23-33-7-6-18(35-23)25(29,30)31/h2-7,17,34H,8-12,32H2,1H3. The van der Waals surface area contributed by atoms with Crippen LogP contribution in [-0.4, -0.2) is 71.3 Å². The molecule has 41 heavy (non-hydrogen) atoms. The summed E-state index contributed by atoms with van der Waals surface area (Å²) in [5.41, 5.74) is 5.39. The van der Waals surface area contributed by atoms with Gasteiger partial charge in [-0.3, -0.25) is 4.79 Å². The van der Waals surface area contributed by atoms with Crippen LogP contribution in [-0.2, 0) is 12.7 Å². The summed E-state index contributed by atoms with van der Waals surface area (Å²) in [5.74, 6) is -0.401. The molecule has 1 aromatic carbocycles. The number of ether oxygens (including phenoxy) is 1. The minimum absolute atomic E-state index is 0.0272. The predicted octanol–water partition coefficient (Wildman–Crippen LogP) is 3.95. The van der Waals surface area contributed by atoms with Gasteiger partial charge in [-0.15, -0.1) is 0 Å². The number of nitrogens with two attached hydrogens (primary N) is 1. The third kappa shape index (κ3) is 5.51. The third-order valence-corrected chi connectivity index (χ3v) is 6.63. The molecule has 1 amide bonds. The molecule has 1 atom stereocenters. The number of anilines is 2. The van der Waals surface area contributed by atoms with E-state index in [9.17, 15) is 31.1 Å². The van der Waals surface area contributed by atoms with Crippen LogP contribution in [0, 0.1) is 0 Å². The molecule has 0 spiro atoms. The third-order valence-electron chi connectivity index (χ3n) is 6.63. The van der Waals surface area contributed by atoms with Crippen LogP contribution in [0.25, 0.3) is 17.5 Å². The Labute approximate surface area is 228 Å². The first-order valence-electron chi connectivity index (χ1n) is 12.3. The first-order valence-corrected chi connectivity index (χ1v) is 12.3. The first-order chi connectivity index (χ1) is 19.4. The van der Waals surface area contributed by atoms with Crippen molar-refractivity contribution in [2.75, 3.05) is 43.5 Å². The van der Waals surface area contributed by atoms with Crippen LogP contribution in [0.5, 0.6) is 5.75 Å². The van der Waals surface area contributed by atoms with Gasteiger partial charge in [0.2, 0.25) is 11.8 Å². The Morgan fingerprint density at radius 1 is 1.12 bits per heavy atom. The molecular weight excluding hydrogens is 560 g/mol. The van der Waals surface area contributed by atoms with Gasteiger partial charge in [0.15, 0.2) is 11.5 Å². The Kier molecular flexibility index (Phi) is 7.27. The number of nitrogens with one attached hydrogen (secondary N) is 1. The highest BCUT2D eigenvalue weighted by molar-refractivity contribution is 5.94. The molecule has 1 unspecified atom stereocenters. The SMILES string of the molecule is COc1ccc(-c2nc(C(=O)N3CCN(c4nccc(C(F)(F)F)n4)CC3)c(CN)o2)c2c1NC(C(F)(F)F)C=C2. The number of carbonyl (C=O) groups excluding carboxylic acids is 1. The van der Waals surface area contributed by atoms with Crippen molar-refractivity contribution in [1.29, 1.82) is 0 Å². The van der Waals surface area contributed by atoms with Gasteiger partial charge in [-0.1, -0.05) is 12.2 Å². The number of halogens is 6. The predicted molar refractivity (Wildman–Crippen MR) is 134 cm³/mol. The van der Waals surface area contributed by atoms with Gasteiger partial charge in [-0.2, -0.15) is 26.3 Å². The highest BCUT2D eigenvalue weighted by Gasteiger charge is 2.41. The van der Waals surface area contributed by atoms with Crippen molar-refractivity contribution in [2.24, 2.45) is 5.73 Å². The maximum atomic E-state index is 13.4. The number of oxazole rings is 1. The number of piperazine rings is 1. The maximum absolute atomic E-state index is 13.4. The van der Waals surface area contributed by atoms with E-state index in [1.807, 2.05) is 0 Å². The number of rotatable bonds is 5. The molecule has 2 aliphatic rings. The number of aromatic nitrogens is 3. The highest BCUT2D eigenvalue weighted by Crippen LogP contribution is 2.42. The summed E-state index contributed by atoms with van der Waals surface area (Å²) in [7, 11) is 1.32. The summed E-state index contributed by atoms with van der Waals surface area (Å²) in [6.45, 7) is 0.411. The molecule has 0 saturated carbocycles. The molecule has 5 rings (SSSR count). The Hall–Kier alpha value is -4.34. The van der Waals surface area contributed by atoms with Crippen LogP contribution in [0.1, 0.15) is 27.5 Å². The van der Waals surface area contributed by atoms with Gasteiger partial charge < -0.3 is 30.0 Å². The van der Waals surface area contributed by atoms with Crippen molar-refractivity contribution >= 4 is 23.6 Å². The van der Waals surface area contributed by atoms with E-state index in [0.29, 0.717) is 11.1 Å². The second-order valence-corrected chi connectivity index (χ2v) is 9.14. The summed E-state index contributed by atoms with van der Waals surface area (Å²) >= 11 is 0. The van der Waals surface area contributed by atoms with E-state index in [2.05, 4.69) is 20.3 Å². The summed E-state index contributed by atoms with van der Waals surface area (Å²) in [6.07, 6.45) is -5.89. The van der Waals surface area contributed by atoms with E-state index in [1.165, 1.54) is 29.1 Å². The van der Waals surface area contributed by atoms with Crippen LogP contribution in [0.2, 0.25) is 0 Å². The first kappa shape index (κ1) is 28.2. The molecule has 4 heterocycles. The van der Waals surface area contributed by atoms with E-state index in [0.717, 1.165) is 18.3 Å². The van der Waals surface area contributed by atoms with Crippen LogP contribution in [0.15, 0.2) is 34.9 Å². The monoisotopic (exact) mass is 583 g/mol. The lowest BCUT2D eigenvalue weighted by atomic mass is 9.98. The molecule has 218 valence electrons. The summed E-state index contributed by atoms with van der Waals surface area (Å²) in [6, 6.07) is 1.85. The van der Waals surface area contributed by atoms with Gasteiger partial charge in [-0.05, 0) is 18.2 Å². The minimum Gasteiger partial charge on any atom is -0.495 e. The van der Waals surface area contributed by atoms with E-state index < -0.39 is 30.0 Å². The van der Waals surface area contributed by atoms with Gasteiger partial charge in [0.25, 0.3) is 5.91 Å². The number of hydrogen-bond acceptors (Lipinski definition) is 9. The molecular formula is C25H23F6N7O3. The molecule has 16 heteroatoms. The second kappa shape index (κ2) is 10.6. The smallest absolute Gasteiger partial charge is 0.433 e. The van der Waals surface area contributed by atoms with E-state index in [1.54, 1.807) is 6.07 Å². The Balaban J connectivity index is 1.37. The average Bonchev–Trinajstić information content (AvgIpc) is 3.39. The fourth-order valence-electron chi connectivity index (χ4n) is 4.56. The normalized spacial score (nSPS) is 17.3. The number of methoxy groups -OCH3 is 1. The topological polar surface area (TPSA) is 123 Å². The summed E-state index contributed by atoms with van der Waals surface area (Å²) in [4.78, 5) is 28.2. The highest BCUT2D eigenvalue weighted by atomic mass is 19.4. The molecule has 0 bridgehead atoms. The van der Waals surface area contributed by atoms with Crippen molar-refractivity contribution in [3.8, 4) is 17.2 Å². The number of alkyl halides is 6. The van der Waals surface area contributed by atoms with Gasteiger partial charge in [0, 0.05) is 43.5 Å². The Morgan fingerprint density at radius 2 is 1.85 bits per heavy atom. The largest absolute Gasteiger partial charge is 0.495 e. The Morgan fingerprint density at radius 3 is 2.49 bits per heavy atom. The van der Waals surface area contributed by atoms with Crippen LogP contribution < -0.4 is 20.7 Å². The van der Waals surface area contributed by atoms with Crippen LogP contribution in [0.3, 0.4) is 0 Å². The lowest BCUT2D eigenvalue weighted by Gasteiger charge is -2.34. The quantitative estimate of drug-likeness (QED) is 0.430. The van der Waals surface area contributed by atoms with Gasteiger partial charge in [0.05, 0.1) is 19.3 Å². The van der Waals surface area contributed by atoms with Crippen molar-refractivity contribution in [1.82, 2.24) is 19.9 Å². The fraction of sp³-hybridized carbons (Fsp3) is 0.360. The number of fused-ring (bicyclic) bond motifs is 1. The summed E-state index contributed by atoms with van der Waals surface area (Å²) < 4.78 is 90.2. The minimum atomic E-state index is -4.62. The molecule has 2 aliphatic heterocycles. The zero-order chi connectivity index (χ0) is 29.5. The number of benzene rings is 1. The Bertz CT molecular complexity index is 1480. The van der Waals surface area contributed by atoms with E-state index in [4.69, 9.17) is 14.9 Å². The van der Waals surface area contributed by atoms with E-state index >= 15 is 0 Å².